The Morgan fingerprint density at radius 1 is 0.645 bits per heavy atom. The summed E-state index contributed by atoms with van der Waals surface area (Å²) in [6.45, 7) is 15.5. The molecule has 0 aliphatic carbocycles. The third kappa shape index (κ3) is 6.58. The number of rotatable bonds is 2. The molecule has 170 valence electrons. The highest BCUT2D eigenvalue weighted by molar-refractivity contribution is 6.17. The molecule has 0 fully saturated rings. The molecule has 0 bridgehead atoms. The maximum atomic E-state index is 4.50. The molecule has 2 aromatic carbocycles. The lowest BCUT2D eigenvalue weighted by atomic mass is 9.93. The molecule has 0 saturated carbocycles. The highest BCUT2D eigenvalue weighted by Gasteiger charge is 2.14. The van der Waals surface area contributed by atoms with Gasteiger partial charge in [-0.05, 0) is 112 Å². The molecule has 4 nitrogen and oxygen atoms in total. The molecule has 2 N–H and O–H groups in total. The van der Waals surface area contributed by atoms with E-state index in [1.165, 1.54) is 81.6 Å². The van der Waals surface area contributed by atoms with Crippen molar-refractivity contribution in [3.05, 3.63) is 56.6 Å². The quantitative estimate of drug-likeness (QED) is 0.583. The lowest BCUT2D eigenvalue weighted by Gasteiger charge is -2.22. The van der Waals surface area contributed by atoms with Crippen LogP contribution in [0.3, 0.4) is 0 Å². The minimum absolute atomic E-state index is 0.198. The highest BCUT2D eigenvalue weighted by Crippen LogP contribution is 2.31. The van der Waals surface area contributed by atoms with Crippen molar-refractivity contribution in [2.24, 2.45) is 0 Å². The maximum absolute atomic E-state index is 4.50. The van der Waals surface area contributed by atoms with Crippen LogP contribution < -0.4 is 10.6 Å². The summed E-state index contributed by atoms with van der Waals surface area (Å²) in [7, 11) is 3.40. The van der Waals surface area contributed by atoms with E-state index in [1.807, 2.05) is 0 Å². The van der Waals surface area contributed by atoms with Crippen LogP contribution in [0.4, 0.5) is 11.4 Å². The number of hydrogen-bond acceptors (Lipinski definition) is 4. The van der Waals surface area contributed by atoms with Gasteiger partial charge in [0.2, 0.25) is 0 Å². The third-order valence-corrected chi connectivity index (χ3v) is 6.83. The molecule has 2 radical (unpaired) electrons. The smallest absolute Gasteiger partial charge is 0.396 e. The van der Waals surface area contributed by atoms with Crippen LogP contribution in [0, 0.1) is 41.5 Å². The molecule has 2 aromatic rings. The number of nitrogens with one attached hydrogen (secondary N) is 2. The summed E-state index contributed by atoms with van der Waals surface area (Å²) in [6, 6.07) is 4.67. The fourth-order valence-corrected chi connectivity index (χ4v) is 4.45. The number of hydrogen-bond donors (Lipinski definition) is 2. The SMILES string of the molecule is CO[Si]OC.Cc1cc2c(c(C)c1C)NCCC2.Cc1cc2c(c(C)c1C)NCCC2. The van der Waals surface area contributed by atoms with Crippen molar-refractivity contribution in [3.63, 3.8) is 0 Å². The highest BCUT2D eigenvalue weighted by atomic mass is 28.3. The van der Waals surface area contributed by atoms with Crippen LogP contribution >= 0.6 is 0 Å². The van der Waals surface area contributed by atoms with Gasteiger partial charge >= 0.3 is 10.0 Å². The van der Waals surface area contributed by atoms with Crippen molar-refractivity contribution in [1.82, 2.24) is 0 Å². The lowest BCUT2D eigenvalue weighted by Crippen LogP contribution is -2.14. The second-order valence-corrected chi connectivity index (χ2v) is 9.49. The Bertz CT molecular complexity index is 809. The van der Waals surface area contributed by atoms with Crippen molar-refractivity contribution in [2.45, 2.75) is 67.2 Å². The van der Waals surface area contributed by atoms with Gasteiger partial charge in [-0.2, -0.15) is 0 Å². The van der Waals surface area contributed by atoms with Crippen LogP contribution in [0.1, 0.15) is 57.3 Å². The first-order chi connectivity index (χ1) is 14.8. The molecular weight excluding hydrogens is 400 g/mol. The molecule has 2 aliphatic heterocycles. The van der Waals surface area contributed by atoms with E-state index in [-0.39, 0.29) is 10.0 Å². The van der Waals surface area contributed by atoms with Crippen molar-refractivity contribution in [2.75, 3.05) is 37.9 Å². The fraction of sp³-hybridized carbons (Fsp3) is 0.538. The summed E-state index contributed by atoms with van der Waals surface area (Å²) < 4.78 is 8.99. The standard InChI is InChI=1S/2C12H17N.C2H6O2Si/c2*1-8-7-11-5-4-6-13-12(11)10(3)9(8)2;1-3-5-4-2/h2*7,13H,4-6H2,1-3H3;1-2H3. The molecule has 0 aromatic heterocycles. The summed E-state index contributed by atoms with van der Waals surface area (Å²) >= 11 is 0. The van der Waals surface area contributed by atoms with E-state index in [2.05, 4.69) is 73.2 Å². The zero-order chi connectivity index (χ0) is 23.0. The molecule has 31 heavy (non-hydrogen) atoms. The van der Waals surface area contributed by atoms with Gasteiger partial charge in [0.15, 0.2) is 0 Å². The Labute approximate surface area is 192 Å². The molecule has 0 unspecified atom stereocenters. The van der Waals surface area contributed by atoms with Crippen LogP contribution in [0.15, 0.2) is 12.1 Å². The number of aryl methyl sites for hydroxylation is 4. The summed E-state index contributed by atoms with van der Waals surface area (Å²) in [5.41, 5.74) is 14.4. The summed E-state index contributed by atoms with van der Waals surface area (Å²) in [5, 5.41) is 7.00. The van der Waals surface area contributed by atoms with E-state index in [9.17, 15) is 0 Å². The first-order valence-electron chi connectivity index (χ1n) is 11.3. The molecule has 0 amide bonds. The Balaban J connectivity index is 0.000000182. The average Bonchev–Trinajstić information content (AvgIpc) is 2.77. The number of benzene rings is 2. The van der Waals surface area contributed by atoms with E-state index in [4.69, 9.17) is 0 Å². The predicted octanol–water partition coefficient (Wildman–Crippen LogP) is 5.75. The first-order valence-corrected chi connectivity index (χ1v) is 12.1. The molecule has 5 heteroatoms. The Morgan fingerprint density at radius 2 is 1.03 bits per heavy atom. The monoisotopic (exact) mass is 440 g/mol. The number of anilines is 2. The summed E-state index contributed by atoms with van der Waals surface area (Å²) in [6.07, 6.45) is 5.03. The van der Waals surface area contributed by atoms with Gasteiger partial charge in [-0.3, -0.25) is 0 Å². The van der Waals surface area contributed by atoms with Gasteiger partial charge in [0, 0.05) is 38.7 Å². The van der Waals surface area contributed by atoms with Crippen LogP contribution in [0.25, 0.3) is 0 Å². The van der Waals surface area contributed by atoms with E-state index in [0.29, 0.717) is 0 Å². The van der Waals surface area contributed by atoms with Gasteiger partial charge in [-0.25, -0.2) is 0 Å². The average molecular weight is 441 g/mol. The predicted molar refractivity (Wildman–Crippen MR) is 135 cm³/mol. The molecule has 0 atom stereocenters. The van der Waals surface area contributed by atoms with Gasteiger partial charge in [0.05, 0.1) is 0 Å². The largest absolute Gasteiger partial charge is 0.432 e. The minimum atomic E-state index is 0.198. The van der Waals surface area contributed by atoms with Crippen LogP contribution in [0.5, 0.6) is 0 Å². The number of fused-ring (bicyclic) bond motifs is 2. The Hall–Kier alpha value is -1.82. The molecular formula is C26H40N2O2Si. The second kappa shape index (κ2) is 12.3. The topological polar surface area (TPSA) is 42.5 Å². The normalized spacial score (nSPS) is 13.9. The van der Waals surface area contributed by atoms with E-state index in [1.54, 1.807) is 14.2 Å². The molecule has 2 aliphatic rings. The van der Waals surface area contributed by atoms with Gasteiger partial charge in [-0.15, -0.1) is 0 Å². The maximum Gasteiger partial charge on any atom is 0.432 e. The fourth-order valence-electron chi connectivity index (χ4n) is 4.29. The van der Waals surface area contributed by atoms with Gasteiger partial charge in [-0.1, -0.05) is 12.1 Å². The molecule has 0 saturated heterocycles. The zero-order valence-corrected chi connectivity index (χ0v) is 21.7. The van der Waals surface area contributed by atoms with E-state index < -0.39 is 0 Å². The first kappa shape index (κ1) is 25.4. The van der Waals surface area contributed by atoms with Crippen molar-refractivity contribution in [1.29, 1.82) is 0 Å². The van der Waals surface area contributed by atoms with Crippen molar-refractivity contribution < 1.29 is 8.85 Å². The van der Waals surface area contributed by atoms with E-state index >= 15 is 0 Å². The second-order valence-electron chi connectivity index (χ2n) is 8.51. The van der Waals surface area contributed by atoms with Crippen molar-refractivity contribution in [3.8, 4) is 0 Å². The molecule has 4 rings (SSSR count). The third-order valence-electron chi connectivity index (χ3n) is 6.50. The molecule has 2 heterocycles. The Morgan fingerprint density at radius 3 is 1.35 bits per heavy atom. The lowest BCUT2D eigenvalue weighted by molar-refractivity contribution is 0.309. The summed E-state index contributed by atoms with van der Waals surface area (Å²) in [4.78, 5) is 0. The molecule has 0 spiro atoms. The van der Waals surface area contributed by atoms with Crippen LogP contribution in [0.2, 0.25) is 0 Å². The van der Waals surface area contributed by atoms with Gasteiger partial charge in [0.1, 0.15) is 0 Å². The van der Waals surface area contributed by atoms with Gasteiger partial charge in [0.25, 0.3) is 0 Å². The van der Waals surface area contributed by atoms with Crippen LogP contribution in [-0.4, -0.2) is 37.3 Å². The van der Waals surface area contributed by atoms with Crippen molar-refractivity contribution >= 4 is 21.4 Å². The Kier molecular flexibility index (Phi) is 10.1. The summed E-state index contributed by atoms with van der Waals surface area (Å²) in [5.74, 6) is 0. The van der Waals surface area contributed by atoms with E-state index in [0.717, 1.165) is 13.1 Å². The van der Waals surface area contributed by atoms with Gasteiger partial charge < -0.3 is 19.5 Å². The zero-order valence-electron chi connectivity index (χ0n) is 20.7. The minimum Gasteiger partial charge on any atom is -0.396 e. The van der Waals surface area contributed by atoms with Crippen LogP contribution in [-0.2, 0) is 21.7 Å².